The predicted octanol–water partition coefficient (Wildman–Crippen LogP) is 3.76. The summed E-state index contributed by atoms with van der Waals surface area (Å²) in [6.07, 6.45) is 7.43. The number of hydrogen-bond donors (Lipinski definition) is 0. The molecule has 1 aliphatic carbocycles. The molecule has 0 aromatic heterocycles. The van der Waals surface area contributed by atoms with Crippen LogP contribution in [-0.2, 0) is 0 Å². The summed E-state index contributed by atoms with van der Waals surface area (Å²) >= 11 is 0. The van der Waals surface area contributed by atoms with Gasteiger partial charge >= 0.3 is 0 Å². The molecular weight excluding hydrogens is 222 g/mol. The third-order valence-corrected chi connectivity index (χ3v) is 4.53. The highest BCUT2D eigenvalue weighted by atomic mass is 16.1. The Kier molecular flexibility index (Phi) is 3.11. The van der Waals surface area contributed by atoms with Gasteiger partial charge in [0.15, 0.2) is 0 Å². The number of carbonyl (C=O) groups excluding carboxylic acids is 1. The maximum Gasteiger partial charge on any atom is 0.150 e. The lowest BCUT2D eigenvalue weighted by atomic mass is 9.96. The van der Waals surface area contributed by atoms with E-state index in [4.69, 9.17) is 0 Å². The molecule has 2 atom stereocenters. The maximum atomic E-state index is 10.9. The molecule has 0 bridgehead atoms. The highest BCUT2D eigenvalue weighted by Crippen LogP contribution is 2.49. The first-order valence-electron chi connectivity index (χ1n) is 7.21. The van der Waals surface area contributed by atoms with Crippen molar-refractivity contribution in [2.45, 2.75) is 51.0 Å². The molecule has 0 saturated heterocycles. The molecule has 1 aliphatic heterocycles. The summed E-state index contributed by atoms with van der Waals surface area (Å²) in [6, 6.07) is 6.95. The molecule has 1 heterocycles. The van der Waals surface area contributed by atoms with E-state index in [9.17, 15) is 4.79 Å². The monoisotopic (exact) mass is 243 g/mol. The highest BCUT2D eigenvalue weighted by Gasteiger charge is 2.40. The number of fused-ring (bicyclic) bond motifs is 3. The zero-order chi connectivity index (χ0) is 12.5. The van der Waals surface area contributed by atoms with Gasteiger partial charge < -0.3 is 4.90 Å². The number of benzene rings is 1. The zero-order valence-corrected chi connectivity index (χ0v) is 11.1. The molecule has 18 heavy (non-hydrogen) atoms. The number of unbranched alkanes of at least 4 members (excludes halogenated alkanes) is 1. The molecular formula is C16H21NO. The highest BCUT2D eigenvalue weighted by molar-refractivity contribution is 5.78. The lowest BCUT2D eigenvalue weighted by molar-refractivity contribution is 0.112. The van der Waals surface area contributed by atoms with Crippen molar-refractivity contribution < 1.29 is 4.79 Å². The van der Waals surface area contributed by atoms with Crippen LogP contribution in [0.25, 0.3) is 0 Å². The van der Waals surface area contributed by atoms with Gasteiger partial charge in [-0.15, -0.1) is 0 Å². The second-order valence-corrected chi connectivity index (χ2v) is 5.59. The van der Waals surface area contributed by atoms with Crippen molar-refractivity contribution in [2.24, 2.45) is 0 Å². The van der Waals surface area contributed by atoms with Gasteiger partial charge in [0.25, 0.3) is 0 Å². The minimum Gasteiger partial charge on any atom is -0.368 e. The van der Waals surface area contributed by atoms with E-state index in [1.54, 1.807) is 0 Å². The fourth-order valence-corrected chi connectivity index (χ4v) is 3.67. The second-order valence-electron chi connectivity index (χ2n) is 5.59. The van der Waals surface area contributed by atoms with Crippen LogP contribution in [0.4, 0.5) is 5.69 Å². The fraction of sp³-hybridized carbons (Fsp3) is 0.562. The third-order valence-electron chi connectivity index (χ3n) is 4.53. The average molecular weight is 243 g/mol. The molecule has 1 saturated carbocycles. The zero-order valence-electron chi connectivity index (χ0n) is 11.1. The number of nitrogens with zero attached hydrogens (tertiary/aromatic N) is 1. The molecule has 2 nitrogen and oxygen atoms in total. The lowest BCUT2D eigenvalue weighted by Gasteiger charge is -2.26. The second kappa shape index (κ2) is 4.75. The van der Waals surface area contributed by atoms with Crippen LogP contribution in [0.2, 0.25) is 0 Å². The average Bonchev–Trinajstić information content (AvgIpc) is 2.97. The Morgan fingerprint density at radius 1 is 1.39 bits per heavy atom. The van der Waals surface area contributed by atoms with Crippen LogP contribution in [-0.4, -0.2) is 18.9 Å². The van der Waals surface area contributed by atoms with Crippen molar-refractivity contribution in [3.8, 4) is 0 Å². The molecule has 0 spiro atoms. The molecule has 0 N–H and O–H groups in total. The quantitative estimate of drug-likeness (QED) is 0.750. The Morgan fingerprint density at radius 3 is 3.06 bits per heavy atom. The summed E-state index contributed by atoms with van der Waals surface area (Å²) < 4.78 is 0. The number of carbonyl (C=O) groups is 1. The van der Waals surface area contributed by atoms with Gasteiger partial charge in [0, 0.05) is 29.8 Å². The van der Waals surface area contributed by atoms with Crippen LogP contribution in [0.3, 0.4) is 0 Å². The van der Waals surface area contributed by atoms with Crippen molar-refractivity contribution in [1.82, 2.24) is 0 Å². The van der Waals surface area contributed by atoms with Gasteiger partial charge in [-0.05, 0) is 43.0 Å². The summed E-state index contributed by atoms with van der Waals surface area (Å²) in [5, 5.41) is 0. The van der Waals surface area contributed by atoms with Gasteiger partial charge in [-0.1, -0.05) is 19.8 Å². The minimum atomic E-state index is 0.678. The molecule has 0 radical (unpaired) electrons. The summed E-state index contributed by atoms with van der Waals surface area (Å²) in [5.74, 6) is 0.678. The van der Waals surface area contributed by atoms with Crippen LogP contribution < -0.4 is 4.90 Å². The molecule has 96 valence electrons. The molecule has 1 fully saturated rings. The molecule has 1 aromatic carbocycles. The first kappa shape index (κ1) is 11.8. The van der Waals surface area contributed by atoms with Gasteiger partial charge in [0.1, 0.15) is 6.29 Å². The molecule has 2 aliphatic rings. The van der Waals surface area contributed by atoms with Crippen molar-refractivity contribution in [3.05, 3.63) is 29.3 Å². The maximum absolute atomic E-state index is 10.9. The van der Waals surface area contributed by atoms with E-state index in [0.29, 0.717) is 12.0 Å². The van der Waals surface area contributed by atoms with E-state index < -0.39 is 0 Å². The fourth-order valence-electron chi connectivity index (χ4n) is 3.67. The normalized spacial score (nSPS) is 25.1. The molecule has 2 unspecified atom stereocenters. The third kappa shape index (κ3) is 1.75. The Hall–Kier alpha value is -1.31. The molecule has 2 heteroatoms. The van der Waals surface area contributed by atoms with Gasteiger partial charge in [-0.3, -0.25) is 4.79 Å². The van der Waals surface area contributed by atoms with Crippen LogP contribution in [0.1, 0.15) is 60.9 Å². The largest absolute Gasteiger partial charge is 0.368 e. The van der Waals surface area contributed by atoms with E-state index in [2.05, 4.69) is 24.0 Å². The summed E-state index contributed by atoms with van der Waals surface area (Å²) in [6.45, 7) is 3.42. The Morgan fingerprint density at radius 2 is 2.28 bits per heavy atom. The van der Waals surface area contributed by atoms with E-state index in [1.807, 2.05) is 6.07 Å². The smallest absolute Gasteiger partial charge is 0.150 e. The number of aldehydes is 1. The first-order valence-corrected chi connectivity index (χ1v) is 7.21. The van der Waals surface area contributed by atoms with Crippen LogP contribution in [0.15, 0.2) is 18.2 Å². The van der Waals surface area contributed by atoms with Gasteiger partial charge in [-0.2, -0.15) is 0 Å². The van der Waals surface area contributed by atoms with Crippen LogP contribution >= 0.6 is 0 Å². The SMILES string of the molecule is CCCCN1c2ccc(C=O)cc2C2CCCC21. The van der Waals surface area contributed by atoms with Crippen LogP contribution in [0, 0.1) is 0 Å². The Balaban J connectivity index is 1.96. The topological polar surface area (TPSA) is 20.3 Å². The molecule has 3 rings (SSSR count). The summed E-state index contributed by atoms with van der Waals surface area (Å²) in [5.41, 5.74) is 3.65. The van der Waals surface area contributed by atoms with E-state index in [1.165, 1.54) is 49.9 Å². The van der Waals surface area contributed by atoms with Crippen molar-refractivity contribution in [1.29, 1.82) is 0 Å². The van der Waals surface area contributed by atoms with E-state index >= 15 is 0 Å². The van der Waals surface area contributed by atoms with Crippen molar-refractivity contribution in [2.75, 3.05) is 11.4 Å². The Labute approximate surface area is 109 Å². The summed E-state index contributed by atoms with van der Waals surface area (Å²) in [7, 11) is 0. The van der Waals surface area contributed by atoms with Crippen molar-refractivity contribution in [3.63, 3.8) is 0 Å². The first-order chi connectivity index (χ1) is 8.85. The number of hydrogen-bond acceptors (Lipinski definition) is 2. The van der Waals surface area contributed by atoms with E-state index in [-0.39, 0.29) is 0 Å². The number of anilines is 1. The molecule has 0 amide bonds. The van der Waals surface area contributed by atoms with Crippen molar-refractivity contribution >= 4 is 12.0 Å². The van der Waals surface area contributed by atoms with E-state index in [0.717, 1.165) is 11.8 Å². The summed E-state index contributed by atoms with van der Waals surface area (Å²) in [4.78, 5) is 13.5. The minimum absolute atomic E-state index is 0.678. The predicted molar refractivity (Wildman–Crippen MR) is 74.5 cm³/mol. The number of rotatable bonds is 4. The lowest BCUT2D eigenvalue weighted by Crippen LogP contribution is -2.32. The van der Waals surface area contributed by atoms with Gasteiger partial charge in [0.2, 0.25) is 0 Å². The van der Waals surface area contributed by atoms with Gasteiger partial charge in [-0.25, -0.2) is 0 Å². The standard InChI is InChI=1S/C16H21NO/c1-2-3-9-17-15-6-4-5-13(15)14-10-12(11-18)7-8-16(14)17/h7-8,10-11,13,15H,2-6,9H2,1H3. The van der Waals surface area contributed by atoms with Gasteiger partial charge in [0.05, 0.1) is 0 Å². The van der Waals surface area contributed by atoms with Crippen LogP contribution in [0.5, 0.6) is 0 Å². The molecule has 1 aromatic rings. The Bertz CT molecular complexity index is 454.